The van der Waals surface area contributed by atoms with E-state index in [-0.39, 0.29) is 12.4 Å². The van der Waals surface area contributed by atoms with E-state index in [1.807, 2.05) is 0 Å². The van der Waals surface area contributed by atoms with Gasteiger partial charge in [0.25, 0.3) is 0 Å². The van der Waals surface area contributed by atoms with Gasteiger partial charge in [0.2, 0.25) is 0 Å². The fourth-order valence-corrected chi connectivity index (χ4v) is 0.169. The molecule has 0 fully saturated rings. The first-order chi connectivity index (χ1) is 3.27. The van der Waals surface area contributed by atoms with Gasteiger partial charge < -0.3 is 9.94 Å². The summed E-state index contributed by atoms with van der Waals surface area (Å²) < 4.78 is 0. The third kappa shape index (κ3) is 5.46. The summed E-state index contributed by atoms with van der Waals surface area (Å²) in [5, 5.41) is 8.41. The quantitative estimate of drug-likeness (QED) is 0.391. The van der Waals surface area contributed by atoms with Crippen LogP contribution in [0, 0.1) is 0 Å². The third-order valence-electron chi connectivity index (χ3n) is 0.475. The molecule has 0 aromatic heterocycles. The van der Waals surface area contributed by atoms with Gasteiger partial charge in [0.1, 0.15) is 0 Å². The van der Waals surface area contributed by atoms with Gasteiger partial charge in [-0.05, 0) is 13.0 Å². The maximum atomic E-state index is 8.41. The first kappa shape index (κ1) is 6.46. The molecule has 0 radical (unpaired) electrons. The average molecular weight is 103 g/mol. The van der Waals surface area contributed by atoms with E-state index in [2.05, 4.69) is 10.7 Å². The second-order valence-corrected chi connectivity index (χ2v) is 1.18. The lowest BCUT2D eigenvalue weighted by atomic mass is 10.5. The summed E-state index contributed by atoms with van der Waals surface area (Å²) in [6, 6.07) is 0. The highest BCUT2D eigenvalue weighted by atomic mass is 16.6. The number of nitrogens with two attached hydrogens (primary N) is 1. The van der Waals surface area contributed by atoms with Gasteiger partial charge in [0.15, 0.2) is 0 Å². The Bertz CT molecular complexity index is 66.1. The fraction of sp³-hybridized carbons (Fsp3) is 0.500. The van der Waals surface area contributed by atoms with Crippen molar-refractivity contribution >= 4 is 0 Å². The van der Waals surface area contributed by atoms with Crippen molar-refractivity contribution in [2.75, 3.05) is 6.61 Å². The van der Waals surface area contributed by atoms with Gasteiger partial charge in [-0.15, -0.1) is 0 Å². The third-order valence-corrected chi connectivity index (χ3v) is 0.475. The summed E-state index contributed by atoms with van der Waals surface area (Å²) in [7, 11) is 0. The molecule has 0 amide bonds. The van der Waals surface area contributed by atoms with E-state index in [0.29, 0.717) is 0 Å². The van der Waals surface area contributed by atoms with E-state index in [4.69, 9.17) is 5.11 Å². The zero-order valence-electron chi connectivity index (χ0n) is 4.22. The Labute approximate surface area is 42.3 Å². The summed E-state index contributed by atoms with van der Waals surface area (Å²) in [4.78, 5) is 4.12. The number of aliphatic hydroxyl groups is 1. The Balaban J connectivity index is 3.08. The minimum absolute atomic E-state index is 0.227. The SMILES string of the molecule is C/C(O)=C\CON. The lowest BCUT2D eigenvalue weighted by molar-refractivity contribution is 0.165. The van der Waals surface area contributed by atoms with Crippen LogP contribution in [0.2, 0.25) is 0 Å². The van der Waals surface area contributed by atoms with E-state index < -0.39 is 0 Å². The minimum atomic E-state index is 0.227. The van der Waals surface area contributed by atoms with Crippen molar-refractivity contribution < 1.29 is 9.94 Å². The van der Waals surface area contributed by atoms with Gasteiger partial charge in [-0.1, -0.05) is 0 Å². The molecule has 0 bridgehead atoms. The molecule has 0 atom stereocenters. The zero-order valence-corrected chi connectivity index (χ0v) is 4.22. The molecule has 3 N–H and O–H groups in total. The highest BCUT2D eigenvalue weighted by Gasteiger charge is 1.75. The van der Waals surface area contributed by atoms with Crippen molar-refractivity contribution in [1.82, 2.24) is 0 Å². The Morgan fingerprint density at radius 3 is 2.71 bits per heavy atom. The van der Waals surface area contributed by atoms with Gasteiger partial charge >= 0.3 is 0 Å². The van der Waals surface area contributed by atoms with Crippen LogP contribution in [0.3, 0.4) is 0 Å². The van der Waals surface area contributed by atoms with Crippen LogP contribution in [0.15, 0.2) is 11.8 Å². The standard InChI is InChI=1S/C4H9NO2/c1-4(6)2-3-7-5/h2,6H,3,5H2,1H3/b4-2+. The van der Waals surface area contributed by atoms with E-state index in [1.165, 1.54) is 6.08 Å². The molecule has 0 unspecified atom stereocenters. The van der Waals surface area contributed by atoms with Crippen molar-refractivity contribution in [3.05, 3.63) is 11.8 Å². The summed E-state index contributed by atoms with van der Waals surface area (Å²) in [6.07, 6.45) is 1.47. The average Bonchev–Trinajstić information content (AvgIpc) is 1.61. The number of hydrogen-bond donors (Lipinski definition) is 2. The molecule has 0 rings (SSSR count). The molecule has 7 heavy (non-hydrogen) atoms. The second-order valence-electron chi connectivity index (χ2n) is 1.18. The zero-order chi connectivity index (χ0) is 5.70. The lowest BCUT2D eigenvalue weighted by Crippen LogP contribution is -1.97. The summed E-state index contributed by atoms with van der Waals surface area (Å²) in [5.41, 5.74) is 0. The molecule has 0 aliphatic carbocycles. The molecule has 0 saturated carbocycles. The van der Waals surface area contributed by atoms with Crippen LogP contribution in [-0.2, 0) is 4.84 Å². The largest absolute Gasteiger partial charge is 0.513 e. The van der Waals surface area contributed by atoms with Gasteiger partial charge in [-0.3, -0.25) is 0 Å². The van der Waals surface area contributed by atoms with E-state index in [0.717, 1.165) is 0 Å². The van der Waals surface area contributed by atoms with Crippen LogP contribution in [0.5, 0.6) is 0 Å². The molecule has 0 heterocycles. The molecule has 3 nitrogen and oxygen atoms in total. The van der Waals surface area contributed by atoms with E-state index >= 15 is 0 Å². The minimum Gasteiger partial charge on any atom is -0.513 e. The van der Waals surface area contributed by atoms with Crippen LogP contribution in [-0.4, -0.2) is 11.7 Å². The number of hydrogen-bond acceptors (Lipinski definition) is 3. The van der Waals surface area contributed by atoms with Crippen molar-refractivity contribution in [3.63, 3.8) is 0 Å². The van der Waals surface area contributed by atoms with Crippen LogP contribution >= 0.6 is 0 Å². The predicted octanol–water partition coefficient (Wildman–Crippen LogP) is 0.339. The Morgan fingerprint density at radius 1 is 2.00 bits per heavy atom. The summed E-state index contributed by atoms with van der Waals surface area (Å²) in [6.45, 7) is 1.82. The number of rotatable bonds is 2. The first-order valence-electron chi connectivity index (χ1n) is 1.94. The molecule has 3 heteroatoms. The summed E-state index contributed by atoms with van der Waals surface area (Å²) >= 11 is 0. The smallest absolute Gasteiger partial charge is 0.0895 e. The predicted molar refractivity (Wildman–Crippen MR) is 26.5 cm³/mol. The number of aliphatic hydroxyl groups excluding tert-OH is 1. The Hall–Kier alpha value is -0.540. The van der Waals surface area contributed by atoms with Crippen molar-refractivity contribution in [2.45, 2.75) is 6.92 Å². The second kappa shape index (κ2) is 3.64. The molecule has 0 saturated heterocycles. The molecule has 42 valence electrons. The van der Waals surface area contributed by atoms with Gasteiger partial charge in [0, 0.05) is 0 Å². The molecular weight excluding hydrogens is 94.0 g/mol. The summed E-state index contributed by atoms with van der Waals surface area (Å²) in [5.74, 6) is 4.85. The molecular formula is C4H9NO2. The van der Waals surface area contributed by atoms with E-state index in [1.54, 1.807) is 6.92 Å². The monoisotopic (exact) mass is 103 g/mol. The van der Waals surface area contributed by atoms with Crippen LogP contribution < -0.4 is 5.90 Å². The van der Waals surface area contributed by atoms with Crippen molar-refractivity contribution in [1.29, 1.82) is 0 Å². The topological polar surface area (TPSA) is 55.5 Å². The Kier molecular flexibility index (Phi) is 3.36. The molecule has 0 aromatic carbocycles. The molecule has 0 spiro atoms. The van der Waals surface area contributed by atoms with Crippen molar-refractivity contribution in [3.8, 4) is 0 Å². The molecule has 0 aliphatic heterocycles. The van der Waals surface area contributed by atoms with Crippen LogP contribution in [0.4, 0.5) is 0 Å². The van der Waals surface area contributed by atoms with Crippen molar-refractivity contribution in [2.24, 2.45) is 5.90 Å². The normalized spacial score (nSPS) is 12.0. The van der Waals surface area contributed by atoms with Gasteiger partial charge in [0.05, 0.1) is 12.4 Å². The highest BCUT2D eigenvalue weighted by molar-refractivity contribution is 4.84. The lowest BCUT2D eigenvalue weighted by Gasteiger charge is -1.86. The van der Waals surface area contributed by atoms with Gasteiger partial charge in [-0.25, -0.2) is 5.90 Å². The first-order valence-corrected chi connectivity index (χ1v) is 1.94. The molecule has 0 aliphatic rings. The maximum absolute atomic E-state index is 8.41. The van der Waals surface area contributed by atoms with Crippen LogP contribution in [0.1, 0.15) is 6.92 Å². The molecule has 0 aromatic rings. The Morgan fingerprint density at radius 2 is 2.57 bits per heavy atom. The van der Waals surface area contributed by atoms with E-state index in [9.17, 15) is 0 Å². The van der Waals surface area contributed by atoms with Crippen LogP contribution in [0.25, 0.3) is 0 Å². The number of allylic oxidation sites excluding steroid dienone is 1. The maximum Gasteiger partial charge on any atom is 0.0895 e. The fourth-order valence-electron chi connectivity index (χ4n) is 0.169. The highest BCUT2D eigenvalue weighted by Crippen LogP contribution is 1.80. The van der Waals surface area contributed by atoms with Gasteiger partial charge in [-0.2, -0.15) is 0 Å².